The van der Waals surface area contributed by atoms with E-state index in [4.69, 9.17) is 6.42 Å². The molecule has 0 aromatic heterocycles. The molecule has 1 aromatic carbocycles. The number of hydrogen-bond acceptors (Lipinski definition) is 3. The molecule has 0 aliphatic carbocycles. The molecule has 0 atom stereocenters. The largest absolute Gasteiger partial charge is 0.313 e. The van der Waals surface area contributed by atoms with Crippen molar-refractivity contribution >= 4 is 5.69 Å². The van der Waals surface area contributed by atoms with Crippen LogP contribution in [0.1, 0.15) is 18.4 Å². The lowest BCUT2D eigenvalue weighted by Gasteiger charge is -2.03. The molecule has 0 heterocycles. The first kappa shape index (κ1) is 12.2. The van der Waals surface area contributed by atoms with Crippen molar-refractivity contribution in [1.82, 2.24) is 5.32 Å². The highest BCUT2D eigenvalue weighted by molar-refractivity contribution is 5.34. The van der Waals surface area contributed by atoms with Crippen molar-refractivity contribution in [2.75, 3.05) is 6.54 Å². The molecule has 0 unspecified atom stereocenters. The fourth-order valence-electron chi connectivity index (χ4n) is 1.33. The van der Waals surface area contributed by atoms with Crippen molar-refractivity contribution in [2.24, 2.45) is 0 Å². The molecule has 0 amide bonds. The molecular formula is C12H14N2O2. The maximum absolute atomic E-state index is 10.5. The van der Waals surface area contributed by atoms with Crippen molar-refractivity contribution in [3.05, 3.63) is 39.9 Å². The Hall–Kier alpha value is -1.86. The van der Waals surface area contributed by atoms with E-state index in [-0.39, 0.29) is 10.6 Å². The van der Waals surface area contributed by atoms with E-state index in [9.17, 15) is 10.1 Å². The van der Waals surface area contributed by atoms with Crippen molar-refractivity contribution in [2.45, 2.75) is 19.4 Å². The van der Waals surface area contributed by atoms with Gasteiger partial charge in [0.25, 0.3) is 5.69 Å². The number of hydrogen-bond donors (Lipinski definition) is 1. The number of terminal acetylenes is 1. The van der Waals surface area contributed by atoms with Crippen LogP contribution in [0.4, 0.5) is 5.69 Å². The van der Waals surface area contributed by atoms with Gasteiger partial charge in [0.2, 0.25) is 0 Å². The van der Waals surface area contributed by atoms with Gasteiger partial charge in [-0.05, 0) is 18.5 Å². The van der Waals surface area contributed by atoms with Gasteiger partial charge in [0.15, 0.2) is 0 Å². The van der Waals surface area contributed by atoms with Gasteiger partial charge in [-0.1, -0.05) is 12.1 Å². The fourth-order valence-corrected chi connectivity index (χ4v) is 1.33. The summed E-state index contributed by atoms with van der Waals surface area (Å²) in [5, 5.41) is 13.7. The molecule has 0 saturated carbocycles. The highest BCUT2D eigenvalue weighted by Gasteiger charge is 2.04. The van der Waals surface area contributed by atoms with Crippen LogP contribution in [0, 0.1) is 22.5 Å². The van der Waals surface area contributed by atoms with Crippen LogP contribution in [0.3, 0.4) is 0 Å². The van der Waals surface area contributed by atoms with E-state index < -0.39 is 0 Å². The van der Waals surface area contributed by atoms with E-state index in [2.05, 4.69) is 11.2 Å². The molecule has 84 valence electrons. The summed E-state index contributed by atoms with van der Waals surface area (Å²) >= 11 is 0. The minimum atomic E-state index is -0.387. The Balaban J connectivity index is 2.39. The Kier molecular flexibility index (Phi) is 5.03. The molecule has 0 fully saturated rings. The van der Waals surface area contributed by atoms with Gasteiger partial charge >= 0.3 is 0 Å². The summed E-state index contributed by atoms with van der Waals surface area (Å²) in [6, 6.07) is 6.62. The van der Waals surface area contributed by atoms with Crippen LogP contribution in [0.15, 0.2) is 24.3 Å². The molecule has 0 bridgehead atoms. The van der Waals surface area contributed by atoms with Crippen molar-refractivity contribution in [1.29, 1.82) is 0 Å². The molecule has 0 aliphatic heterocycles. The molecule has 0 aliphatic rings. The Morgan fingerprint density at radius 2 is 2.31 bits per heavy atom. The topological polar surface area (TPSA) is 55.2 Å². The number of unbranched alkanes of at least 4 members (excludes halogenated alkanes) is 1. The Labute approximate surface area is 94.8 Å². The highest BCUT2D eigenvalue weighted by atomic mass is 16.6. The molecule has 0 saturated heterocycles. The van der Waals surface area contributed by atoms with Crippen LogP contribution < -0.4 is 5.32 Å². The SMILES string of the molecule is C#CCCCNCc1cccc([N+](=O)[O-])c1. The lowest BCUT2D eigenvalue weighted by Crippen LogP contribution is -2.14. The van der Waals surface area contributed by atoms with Crippen LogP contribution in [-0.4, -0.2) is 11.5 Å². The van der Waals surface area contributed by atoms with Crippen LogP contribution in [0.2, 0.25) is 0 Å². The molecule has 0 radical (unpaired) electrons. The number of nitrogens with one attached hydrogen (secondary N) is 1. The lowest BCUT2D eigenvalue weighted by molar-refractivity contribution is -0.384. The third kappa shape index (κ3) is 4.11. The monoisotopic (exact) mass is 218 g/mol. The first-order chi connectivity index (χ1) is 7.74. The Morgan fingerprint density at radius 1 is 1.50 bits per heavy atom. The van der Waals surface area contributed by atoms with E-state index in [1.54, 1.807) is 12.1 Å². The van der Waals surface area contributed by atoms with E-state index in [0.717, 1.165) is 24.9 Å². The maximum atomic E-state index is 10.5. The highest BCUT2D eigenvalue weighted by Crippen LogP contribution is 2.12. The quantitative estimate of drug-likeness (QED) is 0.344. The summed E-state index contributed by atoms with van der Waals surface area (Å²) in [5.74, 6) is 2.56. The van der Waals surface area contributed by atoms with Crippen LogP contribution >= 0.6 is 0 Å². The van der Waals surface area contributed by atoms with Crippen LogP contribution in [-0.2, 0) is 6.54 Å². The Morgan fingerprint density at radius 3 is 3.00 bits per heavy atom. The molecule has 0 spiro atoms. The third-order valence-electron chi connectivity index (χ3n) is 2.13. The van der Waals surface area contributed by atoms with Crippen LogP contribution in [0.5, 0.6) is 0 Å². The van der Waals surface area contributed by atoms with Gasteiger partial charge < -0.3 is 5.32 Å². The number of rotatable bonds is 6. The van der Waals surface area contributed by atoms with Gasteiger partial charge in [0, 0.05) is 25.1 Å². The predicted octanol–water partition coefficient (Wildman–Crippen LogP) is 2.10. The smallest absolute Gasteiger partial charge is 0.269 e. The third-order valence-corrected chi connectivity index (χ3v) is 2.13. The molecule has 4 heteroatoms. The first-order valence-corrected chi connectivity index (χ1v) is 5.11. The maximum Gasteiger partial charge on any atom is 0.269 e. The summed E-state index contributed by atoms with van der Waals surface area (Å²) in [4.78, 5) is 10.1. The fraction of sp³-hybridized carbons (Fsp3) is 0.333. The van der Waals surface area contributed by atoms with Gasteiger partial charge in [0.1, 0.15) is 0 Å². The number of nitro benzene ring substituents is 1. The van der Waals surface area contributed by atoms with Crippen molar-refractivity contribution in [3.63, 3.8) is 0 Å². The average Bonchev–Trinajstić information content (AvgIpc) is 2.29. The van der Waals surface area contributed by atoms with Gasteiger partial charge in [-0.15, -0.1) is 12.3 Å². The predicted molar refractivity (Wildman–Crippen MR) is 62.9 cm³/mol. The minimum Gasteiger partial charge on any atom is -0.313 e. The van der Waals surface area contributed by atoms with Gasteiger partial charge in [0.05, 0.1) is 4.92 Å². The van der Waals surface area contributed by atoms with E-state index in [1.165, 1.54) is 6.07 Å². The van der Waals surface area contributed by atoms with Crippen molar-refractivity contribution < 1.29 is 4.92 Å². The summed E-state index contributed by atoms with van der Waals surface area (Å²) in [7, 11) is 0. The summed E-state index contributed by atoms with van der Waals surface area (Å²) in [6.45, 7) is 1.46. The van der Waals surface area contributed by atoms with Gasteiger partial charge in [-0.3, -0.25) is 10.1 Å². The normalized spacial score (nSPS) is 9.69. The summed E-state index contributed by atoms with van der Waals surface area (Å²) in [6.07, 6.45) is 6.80. The van der Waals surface area contributed by atoms with Crippen molar-refractivity contribution in [3.8, 4) is 12.3 Å². The zero-order valence-corrected chi connectivity index (χ0v) is 8.98. The second-order valence-corrected chi connectivity index (χ2v) is 3.41. The summed E-state index contributed by atoms with van der Waals surface area (Å²) in [5.41, 5.74) is 1.04. The second-order valence-electron chi connectivity index (χ2n) is 3.41. The zero-order valence-electron chi connectivity index (χ0n) is 8.98. The number of non-ortho nitro benzene ring substituents is 1. The second kappa shape index (κ2) is 6.59. The minimum absolute atomic E-state index is 0.128. The zero-order chi connectivity index (χ0) is 11.8. The lowest BCUT2D eigenvalue weighted by atomic mass is 10.2. The molecular weight excluding hydrogens is 204 g/mol. The molecule has 1 rings (SSSR count). The first-order valence-electron chi connectivity index (χ1n) is 5.11. The average molecular weight is 218 g/mol. The van der Waals surface area contributed by atoms with Crippen LogP contribution in [0.25, 0.3) is 0 Å². The van der Waals surface area contributed by atoms with E-state index in [1.807, 2.05) is 6.07 Å². The molecule has 16 heavy (non-hydrogen) atoms. The summed E-state index contributed by atoms with van der Waals surface area (Å²) < 4.78 is 0. The number of benzene rings is 1. The Bertz CT molecular complexity index is 396. The van der Waals surface area contributed by atoms with Gasteiger partial charge in [-0.25, -0.2) is 0 Å². The molecule has 4 nitrogen and oxygen atoms in total. The number of nitrogens with zero attached hydrogens (tertiary/aromatic N) is 1. The molecule has 1 N–H and O–H groups in total. The standard InChI is InChI=1S/C12H14N2O2/c1-2-3-4-8-13-10-11-6-5-7-12(9-11)14(15)16/h1,5-7,9,13H,3-4,8,10H2. The van der Waals surface area contributed by atoms with E-state index in [0.29, 0.717) is 6.54 Å². The number of nitro groups is 1. The van der Waals surface area contributed by atoms with Gasteiger partial charge in [-0.2, -0.15) is 0 Å². The van der Waals surface area contributed by atoms with E-state index >= 15 is 0 Å². The molecule has 1 aromatic rings.